The van der Waals surface area contributed by atoms with E-state index in [0.717, 1.165) is 11.8 Å². The minimum Gasteiger partial charge on any atom is -0.348 e. The number of hydrogen-bond acceptors (Lipinski definition) is 4. The average Bonchev–Trinajstić information content (AvgIpc) is 2.51. The Bertz CT molecular complexity index is 255. The summed E-state index contributed by atoms with van der Waals surface area (Å²) in [7, 11) is 0. The van der Waals surface area contributed by atoms with Gasteiger partial charge in [-0.1, -0.05) is 11.8 Å². The van der Waals surface area contributed by atoms with Crippen LogP contribution < -0.4 is 16.4 Å². The molecule has 5 nitrogen and oxygen atoms in total. The molecular weight excluding hydrogens is 202 g/mol. The number of amides is 2. The first-order valence-corrected chi connectivity index (χ1v) is 5.38. The highest BCUT2D eigenvalue weighted by atomic mass is 32.2. The second-order valence-electron chi connectivity index (χ2n) is 3.87. The van der Waals surface area contributed by atoms with Gasteiger partial charge in [0.2, 0.25) is 5.91 Å². The molecule has 0 saturated carbocycles. The molecule has 0 aliphatic carbocycles. The maximum absolute atomic E-state index is 11.6. The molecule has 1 rings (SSSR count). The molecular formula is C8H15N3O2S. The fourth-order valence-electron chi connectivity index (χ4n) is 0.998. The van der Waals surface area contributed by atoms with Crippen LogP contribution in [-0.4, -0.2) is 35.0 Å². The van der Waals surface area contributed by atoms with Gasteiger partial charge in [-0.15, -0.1) is 0 Å². The van der Waals surface area contributed by atoms with Gasteiger partial charge in [0.05, 0.1) is 0 Å². The van der Waals surface area contributed by atoms with Crippen molar-refractivity contribution >= 4 is 22.9 Å². The predicted molar refractivity (Wildman–Crippen MR) is 56.1 cm³/mol. The Labute approximate surface area is 87.2 Å². The summed E-state index contributed by atoms with van der Waals surface area (Å²) in [6.07, 6.45) is 0. The molecule has 2 amide bonds. The molecule has 1 heterocycles. The molecule has 0 bridgehead atoms. The van der Waals surface area contributed by atoms with Gasteiger partial charge in [-0.05, 0) is 13.8 Å². The van der Waals surface area contributed by atoms with E-state index in [-0.39, 0.29) is 11.1 Å². The van der Waals surface area contributed by atoms with Crippen LogP contribution in [0, 0.1) is 0 Å². The van der Waals surface area contributed by atoms with Gasteiger partial charge in [0.25, 0.3) is 5.24 Å². The average molecular weight is 217 g/mol. The first kappa shape index (κ1) is 11.3. The van der Waals surface area contributed by atoms with Gasteiger partial charge in [-0.3, -0.25) is 9.59 Å². The van der Waals surface area contributed by atoms with Crippen LogP contribution in [0.4, 0.5) is 4.79 Å². The van der Waals surface area contributed by atoms with Crippen molar-refractivity contribution < 1.29 is 9.59 Å². The zero-order valence-electron chi connectivity index (χ0n) is 8.29. The minimum atomic E-state index is -0.422. The van der Waals surface area contributed by atoms with Gasteiger partial charge < -0.3 is 16.4 Å². The molecule has 0 aromatic heterocycles. The van der Waals surface area contributed by atoms with Crippen LogP contribution in [0.2, 0.25) is 0 Å². The second kappa shape index (κ2) is 4.18. The smallest absolute Gasteiger partial charge is 0.279 e. The summed E-state index contributed by atoms with van der Waals surface area (Å²) in [5.41, 5.74) is 5.05. The normalized spacial score (nSPS) is 21.9. The lowest BCUT2D eigenvalue weighted by atomic mass is 10.1. The zero-order valence-corrected chi connectivity index (χ0v) is 9.11. The molecule has 0 spiro atoms. The van der Waals surface area contributed by atoms with Crippen molar-refractivity contribution in [3.63, 3.8) is 0 Å². The molecule has 0 aromatic rings. The van der Waals surface area contributed by atoms with Crippen LogP contribution in [0.5, 0.6) is 0 Å². The van der Waals surface area contributed by atoms with Crippen LogP contribution in [0.3, 0.4) is 0 Å². The van der Waals surface area contributed by atoms with Crippen molar-refractivity contribution in [2.45, 2.75) is 25.4 Å². The number of thioether (sulfide) groups is 1. The first-order chi connectivity index (χ1) is 6.44. The van der Waals surface area contributed by atoms with Crippen molar-refractivity contribution in [2.75, 3.05) is 12.3 Å². The Hall–Kier alpha value is -0.750. The van der Waals surface area contributed by atoms with Gasteiger partial charge in [0.1, 0.15) is 6.04 Å². The highest BCUT2D eigenvalue weighted by Crippen LogP contribution is 2.13. The third-order valence-corrected chi connectivity index (χ3v) is 2.84. The lowest BCUT2D eigenvalue weighted by Gasteiger charge is -2.25. The van der Waals surface area contributed by atoms with E-state index in [1.54, 1.807) is 0 Å². The SMILES string of the molecule is CC(C)(CN)NC(=O)C1CSC(=O)N1. The molecule has 1 aliphatic rings. The summed E-state index contributed by atoms with van der Waals surface area (Å²) < 4.78 is 0. The first-order valence-electron chi connectivity index (χ1n) is 4.40. The Kier molecular flexibility index (Phi) is 3.38. The third-order valence-electron chi connectivity index (χ3n) is 1.96. The molecule has 14 heavy (non-hydrogen) atoms. The minimum absolute atomic E-state index is 0.143. The number of rotatable bonds is 3. The summed E-state index contributed by atoms with van der Waals surface area (Å²) in [5, 5.41) is 5.21. The van der Waals surface area contributed by atoms with Crippen molar-refractivity contribution in [2.24, 2.45) is 5.73 Å². The number of nitrogens with one attached hydrogen (secondary N) is 2. The number of carbonyl (C=O) groups is 2. The van der Waals surface area contributed by atoms with Gasteiger partial charge >= 0.3 is 0 Å². The van der Waals surface area contributed by atoms with Gasteiger partial charge in [0, 0.05) is 17.8 Å². The highest BCUT2D eigenvalue weighted by Gasteiger charge is 2.30. The van der Waals surface area contributed by atoms with Crippen molar-refractivity contribution in [1.82, 2.24) is 10.6 Å². The van der Waals surface area contributed by atoms with E-state index in [0.29, 0.717) is 12.3 Å². The fraction of sp³-hybridized carbons (Fsp3) is 0.750. The molecule has 1 unspecified atom stereocenters. The Morgan fingerprint density at radius 1 is 1.79 bits per heavy atom. The lowest BCUT2D eigenvalue weighted by Crippen LogP contribution is -2.54. The van der Waals surface area contributed by atoms with E-state index in [1.807, 2.05) is 13.8 Å². The Morgan fingerprint density at radius 2 is 2.43 bits per heavy atom. The third kappa shape index (κ3) is 2.88. The summed E-state index contributed by atoms with van der Waals surface area (Å²) in [4.78, 5) is 22.4. The van der Waals surface area contributed by atoms with Crippen LogP contribution in [0.15, 0.2) is 0 Å². The van der Waals surface area contributed by atoms with E-state index in [2.05, 4.69) is 10.6 Å². The van der Waals surface area contributed by atoms with E-state index in [9.17, 15) is 9.59 Å². The molecule has 1 aliphatic heterocycles. The van der Waals surface area contributed by atoms with E-state index in [4.69, 9.17) is 5.73 Å². The predicted octanol–water partition coefficient (Wildman–Crippen LogP) is -0.335. The van der Waals surface area contributed by atoms with Crippen LogP contribution >= 0.6 is 11.8 Å². The molecule has 1 fully saturated rings. The topological polar surface area (TPSA) is 84.2 Å². The van der Waals surface area contributed by atoms with Gasteiger partial charge in [-0.2, -0.15) is 0 Å². The maximum atomic E-state index is 11.6. The van der Waals surface area contributed by atoms with Gasteiger partial charge in [-0.25, -0.2) is 0 Å². The summed E-state index contributed by atoms with van der Waals surface area (Å²) >= 11 is 1.13. The lowest BCUT2D eigenvalue weighted by molar-refractivity contribution is -0.123. The maximum Gasteiger partial charge on any atom is 0.279 e. The highest BCUT2D eigenvalue weighted by molar-refractivity contribution is 8.14. The van der Waals surface area contributed by atoms with E-state index >= 15 is 0 Å². The van der Waals surface area contributed by atoms with Gasteiger partial charge in [0.15, 0.2) is 0 Å². The molecule has 1 saturated heterocycles. The molecule has 6 heteroatoms. The van der Waals surface area contributed by atoms with Crippen LogP contribution in [0.1, 0.15) is 13.8 Å². The summed E-state index contributed by atoms with van der Waals surface area (Å²) in [6, 6.07) is -0.418. The molecule has 0 radical (unpaired) electrons. The van der Waals surface area contributed by atoms with Crippen molar-refractivity contribution in [3.8, 4) is 0 Å². The van der Waals surface area contributed by atoms with Crippen molar-refractivity contribution in [1.29, 1.82) is 0 Å². The van der Waals surface area contributed by atoms with Crippen LogP contribution in [0.25, 0.3) is 0 Å². The summed E-state index contributed by atoms with van der Waals surface area (Å²) in [5.74, 6) is 0.324. The van der Waals surface area contributed by atoms with Crippen LogP contribution in [-0.2, 0) is 4.79 Å². The number of carbonyl (C=O) groups excluding carboxylic acids is 2. The zero-order chi connectivity index (χ0) is 10.8. The van der Waals surface area contributed by atoms with E-state index in [1.165, 1.54) is 0 Å². The Balaban J connectivity index is 2.46. The van der Waals surface area contributed by atoms with Crippen molar-refractivity contribution in [3.05, 3.63) is 0 Å². The standard InChI is InChI=1S/C8H15N3O2S/c1-8(2,4-9)11-6(12)5-3-14-7(13)10-5/h5H,3-4,9H2,1-2H3,(H,10,13)(H,11,12). The second-order valence-corrected chi connectivity index (χ2v) is 4.87. The quantitative estimate of drug-likeness (QED) is 0.604. The van der Waals surface area contributed by atoms with E-state index < -0.39 is 11.6 Å². The molecule has 0 aromatic carbocycles. The Morgan fingerprint density at radius 3 is 2.86 bits per heavy atom. The largest absolute Gasteiger partial charge is 0.348 e. The fourth-order valence-corrected chi connectivity index (χ4v) is 1.78. The molecule has 80 valence electrons. The monoisotopic (exact) mass is 217 g/mol. The summed E-state index contributed by atoms with van der Waals surface area (Å²) in [6.45, 7) is 4.05. The number of hydrogen-bond donors (Lipinski definition) is 3. The number of nitrogens with two attached hydrogens (primary N) is 1. The molecule has 4 N–H and O–H groups in total. The molecule has 1 atom stereocenters.